The Hall–Kier alpha value is -1.57. The highest BCUT2D eigenvalue weighted by Gasteiger charge is 2.33. The predicted octanol–water partition coefficient (Wildman–Crippen LogP) is 2.79. The lowest BCUT2D eigenvalue weighted by Crippen LogP contribution is -2.37. The summed E-state index contributed by atoms with van der Waals surface area (Å²) in [5.41, 5.74) is -0.852. The van der Waals surface area contributed by atoms with E-state index in [0.717, 1.165) is 23.1 Å². The van der Waals surface area contributed by atoms with Crippen LogP contribution >= 0.6 is 11.3 Å². The molecule has 0 saturated heterocycles. The smallest absolute Gasteiger partial charge is 0.356 e. The number of thiazole rings is 1. The topological polar surface area (TPSA) is 49.3 Å². The van der Waals surface area contributed by atoms with Crippen molar-refractivity contribution in [3.63, 3.8) is 0 Å². The van der Waals surface area contributed by atoms with Crippen LogP contribution in [0, 0.1) is 0 Å². The number of guanidine groups is 1. The molecule has 0 radical (unpaired) electrons. The summed E-state index contributed by atoms with van der Waals surface area (Å²) in [5, 5.41) is 7.36. The van der Waals surface area contributed by atoms with Gasteiger partial charge in [0.05, 0.1) is 6.54 Å². The Bertz CT molecular complexity index is 466. The third-order valence-corrected chi connectivity index (χ3v) is 3.16. The second kappa shape index (κ2) is 7.88. The van der Waals surface area contributed by atoms with Crippen LogP contribution in [0.15, 0.2) is 22.5 Å². The molecule has 0 bridgehead atoms. The van der Waals surface area contributed by atoms with Crippen molar-refractivity contribution >= 4 is 17.3 Å². The number of rotatable bonds is 5. The summed E-state index contributed by atoms with van der Waals surface area (Å²) in [4.78, 5) is 7.52. The Morgan fingerprint density at radius 2 is 2.20 bits per heavy atom. The molecule has 20 heavy (non-hydrogen) atoms. The Balaban J connectivity index is 2.43. The fraction of sp³-hybridized carbons (Fsp3) is 0.500. The van der Waals surface area contributed by atoms with Crippen molar-refractivity contribution < 1.29 is 13.2 Å². The molecule has 1 rings (SSSR count). The van der Waals surface area contributed by atoms with E-state index in [9.17, 15) is 13.2 Å². The molecule has 0 unspecified atom stereocenters. The van der Waals surface area contributed by atoms with Crippen molar-refractivity contribution in [1.29, 1.82) is 0 Å². The van der Waals surface area contributed by atoms with Crippen molar-refractivity contribution in [1.82, 2.24) is 15.6 Å². The first-order valence-corrected chi connectivity index (χ1v) is 6.92. The van der Waals surface area contributed by atoms with Gasteiger partial charge in [0.1, 0.15) is 5.01 Å². The van der Waals surface area contributed by atoms with Crippen molar-refractivity contribution in [3.05, 3.63) is 28.2 Å². The number of aromatic nitrogens is 1. The van der Waals surface area contributed by atoms with E-state index >= 15 is 0 Å². The molecule has 0 spiro atoms. The number of alkyl halides is 3. The van der Waals surface area contributed by atoms with E-state index in [4.69, 9.17) is 0 Å². The van der Waals surface area contributed by atoms with E-state index in [1.165, 1.54) is 0 Å². The lowest BCUT2D eigenvalue weighted by molar-refractivity contribution is -0.140. The summed E-state index contributed by atoms with van der Waals surface area (Å²) in [6, 6.07) is 0. The fourth-order valence-corrected chi connectivity index (χ4v) is 2.08. The molecule has 0 saturated carbocycles. The molecule has 0 amide bonds. The van der Waals surface area contributed by atoms with E-state index in [1.807, 2.05) is 19.1 Å². The molecule has 112 valence electrons. The minimum Gasteiger partial charge on any atom is -0.356 e. The quantitative estimate of drug-likeness (QED) is 0.381. The molecule has 8 heteroatoms. The van der Waals surface area contributed by atoms with E-state index in [2.05, 4.69) is 20.6 Å². The number of hydrogen-bond donors (Lipinski definition) is 2. The Morgan fingerprint density at radius 3 is 2.75 bits per heavy atom. The SMILES string of the molecule is C/C=C/CCNC(=NC)NCc1nc(C(F)(F)F)cs1. The van der Waals surface area contributed by atoms with Gasteiger partial charge in [-0.3, -0.25) is 4.99 Å². The van der Waals surface area contributed by atoms with E-state index in [0.29, 0.717) is 17.5 Å². The first kappa shape index (κ1) is 16.5. The van der Waals surface area contributed by atoms with Crippen LogP contribution in [0.4, 0.5) is 13.2 Å². The molecule has 0 aromatic carbocycles. The first-order valence-electron chi connectivity index (χ1n) is 6.04. The van der Waals surface area contributed by atoms with Crippen molar-refractivity contribution in [2.45, 2.75) is 26.1 Å². The standard InChI is InChI=1S/C12H17F3N4S/c1-3-4-5-6-17-11(16-2)18-7-10-19-9(8-20-10)12(13,14)15/h3-4,8H,5-7H2,1-2H3,(H2,16,17,18)/b4-3+. The van der Waals surface area contributed by atoms with Crippen LogP contribution in [0.3, 0.4) is 0 Å². The lowest BCUT2D eigenvalue weighted by atomic mass is 10.4. The van der Waals surface area contributed by atoms with Crippen LogP contribution in [-0.4, -0.2) is 24.5 Å². The minimum atomic E-state index is -4.39. The highest BCUT2D eigenvalue weighted by molar-refractivity contribution is 7.09. The molecule has 1 aromatic heterocycles. The average molecular weight is 306 g/mol. The lowest BCUT2D eigenvalue weighted by Gasteiger charge is -2.09. The molecule has 0 atom stereocenters. The molecule has 0 fully saturated rings. The minimum absolute atomic E-state index is 0.212. The number of nitrogens with one attached hydrogen (secondary N) is 2. The van der Waals surface area contributed by atoms with Gasteiger partial charge >= 0.3 is 6.18 Å². The second-order valence-electron chi connectivity index (χ2n) is 3.83. The largest absolute Gasteiger partial charge is 0.434 e. The number of nitrogens with zero attached hydrogens (tertiary/aromatic N) is 2. The highest BCUT2D eigenvalue weighted by atomic mass is 32.1. The number of hydrogen-bond acceptors (Lipinski definition) is 3. The highest BCUT2D eigenvalue weighted by Crippen LogP contribution is 2.29. The van der Waals surface area contributed by atoms with E-state index in [1.54, 1.807) is 7.05 Å². The Morgan fingerprint density at radius 1 is 1.45 bits per heavy atom. The van der Waals surface area contributed by atoms with E-state index in [-0.39, 0.29) is 6.54 Å². The van der Waals surface area contributed by atoms with Crippen LogP contribution in [0.1, 0.15) is 24.0 Å². The fourth-order valence-electron chi connectivity index (χ4n) is 1.34. The Labute approximate surface area is 119 Å². The van der Waals surface area contributed by atoms with E-state index < -0.39 is 11.9 Å². The maximum atomic E-state index is 12.4. The number of aliphatic imine (C=N–C) groups is 1. The molecular formula is C12H17F3N4S. The predicted molar refractivity (Wildman–Crippen MR) is 74.7 cm³/mol. The summed E-state index contributed by atoms with van der Waals surface area (Å²) in [6.45, 7) is 2.85. The molecule has 0 aliphatic carbocycles. The summed E-state index contributed by atoms with van der Waals surface area (Å²) < 4.78 is 37.2. The monoisotopic (exact) mass is 306 g/mol. The molecule has 1 heterocycles. The van der Waals surface area contributed by atoms with Crippen LogP contribution in [-0.2, 0) is 12.7 Å². The summed E-state index contributed by atoms with van der Waals surface area (Å²) >= 11 is 0.973. The van der Waals surface area contributed by atoms with Crippen LogP contribution in [0.2, 0.25) is 0 Å². The molecule has 1 aromatic rings. The summed E-state index contributed by atoms with van der Waals surface area (Å²) in [6.07, 6.45) is 0.427. The van der Waals surface area contributed by atoms with Gasteiger partial charge in [0.2, 0.25) is 0 Å². The maximum Gasteiger partial charge on any atom is 0.434 e. The zero-order valence-electron chi connectivity index (χ0n) is 11.3. The molecule has 4 nitrogen and oxygen atoms in total. The van der Waals surface area contributed by atoms with Gasteiger partial charge in [-0.2, -0.15) is 13.2 Å². The van der Waals surface area contributed by atoms with Crippen molar-refractivity contribution in [2.24, 2.45) is 4.99 Å². The number of halogens is 3. The van der Waals surface area contributed by atoms with Crippen molar-refractivity contribution in [3.8, 4) is 0 Å². The van der Waals surface area contributed by atoms with Gasteiger partial charge in [0.25, 0.3) is 0 Å². The maximum absolute atomic E-state index is 12.4. The van der Waals surface area contributed by atoms with Gasteiger partial charge in [-0.1, -0.05) is 12.2 Å². The van der Waals surface area contributed by atoms with Crippen LogP contribution < -0.4 is 10.6 Å². The van der Waals surface area contributed by atoms with Crippen LogP contribution in [0.5, 0.6) is 0 Å². The van der Waals surface area contributed by atoms with Crippen molar-refractivity contribution in [2.75, 3.05) is 13.6 Å². The zero-order chi connectivity index (χ0) is 15.0. The average Bonchev–Trinajstić information content (AvgIpc) is 2.87. The summed E-state index contributed by atoms with van der Waals surface area (Å²) in [5.74, 6) is 0.540. The first-order chi connectivity index (χ1) is 9.47. The third-order valence-electron chi connectivity index (χ3n) is 2.31. The normalized spacial score (nSPS) is 12.9. The second-order valence-corrected chi connectivity index (χ2v) is 4.78. The van der Waals surface area contributed by atoms with Gasteiger partial charge in [0.15, 0.2) is 11.7 Å². The molecule has 0 aliphatic rings. The van der Waals surface area contributed by atoms with Gasteiger partial charge in [-0.15, -0.1) is 11.3 Å². The molecule has 0 aliphatic heterocycles. The molecule has 2 N–H and O–H groups in total. The third kappa shape index (κ3) is 5.60. The number of allylic oxidation sites excluding steroid dienone is 1. The van der Waals surface area contributed by atoms with Gasteiger partial charge < -0.3 is 10.6 Å². The molecular weight excluding hydrogens is 289 g/mol. The van der Waals surface area contributed by atoms with Gasteiger partial charge in [-0.25, -0.2) is 4.98 Å². The zero-order valence-corrected chi connectivity index (χ0v) is 12.1. The van der Waals surface area contributed by atoms with Gasteiger partial charge in [0, 0.05) is 19.0 Å². The Kier molecular flexibility index (Phi) is 6.50. The van der Waals surface area contributed by atoms with Gasteiger partial charge in [-0.05, 0) is 13.3 Å². The van der Waals surface area contributed by atoms with Crippen LogP contribution in [0.25, 0.3) is 0 Å². The summed E-state index contributed by atoms with van der Waals surface area (Å²) in [7, 11) is 1.61.